The molecule has 0 bridgehead atoms. The summed E-state index contributed by atoms with van der Waals surface area (Å²) >= 11 is 0. The minimum absolute atomic E-state index is 0.216. The fraction of sp³-hybridized carbons (Fsp3) is 0.650. The Hall–Kier alpha value is -3.78. The van der Waals surface area contributed by atoms with Gasteiger partial charge in [0.05, 0.1) is 13.2 Å². The second-order valence-electron chi connectivity index (χ2n) is 14.2. The molecule has 320 valence electrons. The maximum atomic E-state index is 12.8. The number of hydrogen-bond donors (Lipinski definition) is 8. The zero-order valence-corrected chi connectivity index (χ0v) is 32.4. The quantitative estimate of drug-likeness (QED) is 0.0627. The van der Waals surface area contributed by atoms with Crippen molar-refractivity contribution in [2.75, 3.05) is 26.4 Å². The predicted molar refractivity (Wildman–Crippen MR) is 200 cm³/mol. The molecule has 2 aromatic carbocycles. The van der Waals surface area contributed by atoms with Crippen molar-refractivity contribution in [3.63, 3.8) is 0 Å². The number of benzene rings is 2. The van der Waals surface area contributed by atoms with Gasteiger partial charge in [0.1, 0.15) is 96.2 Å². The molecular formula is C40H58O17. The van der Waals surface area contributed by atoms with Crippen LogP contribution in [0.3, 0.4) is 0 Å². The standard InChI is InChI=1S/C40H58O17/c1-3-5-7-9-11-17-51-23-13-15-25(27(41)19-23)37(49)53-21-29-31(43)33(45)35(47)39(55-29)57-40-36(48)34(46)32(44)30(56-40)22-54-38(50)26-16-14-24(20-28(26)42)52-18-12-10-8-6-4-2/h13-16,19-20,29-36,39-48H,3-12,17-18,21-22H2,1-2H3. The topological polar surface area (TPSA) is 261 Å². The second-order valence-corrected chi connectivity index (χ2v) is 14.2. The van der Waals surface area contributed by atoms with Gasteiger partial charge in [0.2, 0.25) is 0 Å². The molecular weight excluding hydrogens is 752 g/mol. The van der Waals surface area contributed by atoms with E-state index in [-0.39, 0.29) is 11.1 Å². The van der Waals surface area contributed by atoms with E-state index < -0.39 is 98.1 Å². The normalized spacial score (nSPS) is 27.4. The molecule has 0 aromatic heterocycles. The molecule has 4 rings (SSSR count). The van der Waals surface area contributed by atoms with Crippen molar-refractivity contribution in [2.24, 2.45) is 0 Å². The summed E-state index contributed by atoms with van der Waals surface area (Å²) in [5.41, 5.74) is -0.432. The molecule has 2 saturated heterocycles. The first-order chi connectivity index (χ1) is 27.4. The molecule has 57 heavy (non-hydrogen) atoms. The van der Waals surface area contributed by atoms with Crippen LogP contribution in [-0.4, -0.2) is 141 Å². The van der Waals surface area contributed by atoms with Crippen LogP contribution < -0.4 is 9.47 Å². The van der Waals surface area contributed by atoms with Crippen LogP contribution >= 0.6 is 0 Å². The summed E-state index contributed by atoms with van der Waals surface area (Å²) in [6.45, 7) is 3.75. The number of ether oxygens (including phenoxy) is 7. The Morgan fingerprint density at radius 1 is 0.544 bits per heavy atom. The molecule has 0 aliphatic carbocycles. The Kier molecular flexibility index (Phi) is 18.5. The molecule has 0 radical (unpaired) electrons. The van der Waals surface area contributed by atoms with Gasteiger partial charge in [-0.25, -0.2) is 9.59 Å². The number of hydrogen-bond acceptors (Lipinski definition) is 17. The Labute approximate surface area is 331 Å². The number of carbonyl (C=O) groups excluding carboxylic acids is 2. The van der Waals surface area contributed by atoms with E-state index in [1.165, 1.54) is 36.4 Å². The third-order valence-corrected chi connectivity index (χ3v) is 9.77. The number of phenols is 2. The van der Waals surface area contributed by atoms with Crippen LogP contribution in [0.5, 0.6) is 23.0 Å². The monoisotopic (exact) mass is 810 g/mol. The lowest BCUT2D eigenvalue weighted by Crippen LogP contribution is -2.64. The van der Waals surface area contributed by atoms with E-state index in [1.807, 2.05) is 0 Å². The zero-order valence-electron chi connectivity index (χ0n) is 32.4. The third-order valence-electron chi connectivity index (χ3n) is 9.77. The average Bonchev–Trinajstić information content (AvgIpc) is 3.19. The number of aliphatic hydroxyl groups excluding tert-OH is 6. The summed E-state index contributed by atoms with van der Waals surface area (Å²) in [6, 6.07) is 8.10. The molecule has 17 heteroatoms. The summed E-state index contributed by atoms with van der Waals surface area (Å²) in [5.74, 6) is -2.13. The second kappa shape index (κ2) is 23.0. The van der Waals surface area contributed by atoms with Gasteiger partial charge >= 0.3 is 11.9 Å². The number of phenolic OH excluding ortho intramolecular Hbond substituents is 2. The largest absolute Gasteiger partial charge is 0.507 e. The molecule has 10 atom stereocenters. The van der Waals surface area contributed by atoms with Crippen LogP contribution in [0.1, 0.15) is 98.8 Å². The Morgan fingerprint density at radius 2 is 0.930 bits per heavy atom. The third kappa shape index (κ3) is 13.1. The lowest BCUT2D eigenvalue weighted by atomic mass is 9.98. The molecule has 0 saturated carbocycles. The van der Waals surface area contributed by atoms with Gasteiger partial charge in [-0.05, 0) is 37.1 Å². The fourth-order valence-electron chi connectivity index (χ4n) is 6.28. The molecule has 17 nitrogen and oxygen atoms in total. The number of rotatable bonds is 22. The minimum Gasteiger partial charge on any atom is -0.507 e. The highest BCUT2D eigenvalue weighted by Crippen LogP contribution is 2.31. The van der Waals surface area contributed by atoms with Crippen LogP contribution in [-0.2, 0) is 23.7 Å². The SMILES string of the molecule is CCCCCCCOc1ccc(C(=O)OCC2OC(OC3OC(COC(=O)c4ccc(OCCCCCCC)cc4O)C(O)C(O)C3O)C(O)C(O)C2O)c(O)c1. The molecule has 8 N–H and O–H groups in total. The lowest BCUT2D eigenvalue weighted by Gasteiger charge is -2.44. The molecule has 2 aromatic rings. The van der Waals surface area contributed by atoms with Crippen LogP contribution in [0.25, 0.3) is 0 Å². The average molecular weight is 811 g/mol. The molecule has 2 heterocycles. The minimum atomic E-state index is -1.94. The van der Waals surface area contributed by atoms with Crippen molar-refractivity contribution in [3.8, 4) is 23.0 Å². The first-order valence-electron chi connectivity index (χ1n) is 19.7. The van der Waals surface area contributed by atoms with Crippen LogP contribution in [0.2, 0.25) is 0 Å². The number of unbranched alkanes of at least 4 members (excludes halogenated alkanes) is 8. The van der Waals surface area contributed by atoms with Crippen LogP contribution in [0.15, 0.2) is 36.4 Å². The number of aromatic hydroxyl groups is 2. The van der Waals surface area contributed by atoms with Gasteiger partial charge in [0.25, 0.3) is 0 Å². The van der Waals surface area contributed by atoms with Crippen molar-refractivity contribution in [1.82, 2.24) is 0 Å². The summed E-state index contributed by atoms with van der Waals surface area (Å²) in [5, 5.41) is 84.4. The molecule has 2 fully saturated rings. The van der Waals surface area contributed by atoms with Crippen molar-refractivity contribution < 1.29 is 83.6 Å². The van der Waals surface area contributed by atoms with Gasteiger partial charge in [0.15, 0.2) is 12.6 Å². The number of aliphatic hydroxyl groups is 6. The van der Waals surface area contributed by atoms with E-state index in [0.29, 0.717) is 24.7 Å². The fourth-order valence-corrected chi connectivity index (χ4v) is 6.28. The zero-order chi connectivity index (χ0) is 41.5. The van der Waals surface area contributed by atoms with Crippen molar-refractivity contribution >= 4 is 11.9 Å². The van der Waals surface area contributed by atoms with Crippen molar-refractivity contribution in [1.29, 1.82) is 0 Å². The molecule has 2 aliphatic heterocycles. The van der Waals surface area contributed by atoms with Gasteiger partial charge in [-0.1, -0.05) is 65.2 Å². The Bertz CT molecular complexity index is 1430. The smallest absolute Gasteiger partial charge is 0.342 e. The predicted octanol–water partition coefficient (Wildman–Crippen LogP) is 2.44. The van der Waals surface area contributed by atoms with E-state index >= 15 is 0 Å². The maximum absolute atomic E-state index is 12.8. The maximum Gasteiger partial charge on any atom is 0.342 e. The number of carbonyl (C=O) groups is 2. The molecule has 0 spiro atoms. The van der Waals surface area contributed by atoms with Crippen LogP contribution in [0, 0.1) is 0 Å². The summed E-state index contributed by atoms with van der Waals surface area (Å²) in [6.07, 6.45) is -7.60. The van der Waals surface area contributed by atoms with Gasteiger partial charge in [0, 0.05) is 12.1 Å². The highest BCUT2D eigenvalue weighted by Gasteiger charge is 2.50. The summed E-state index contributed by atoms with van der Waals surface area (Å²) < 4.78 is 38.4. The van der Waals surface area contributed by atoms with Gasteiger partial charge < -0.3 is 74.0 Å². The van der Waals surface area contributed by atoms with E-state index in [0.717, 1.165) is 64.2 Å². The highest BCUT2D eigenvalue weighted by atomic mass is 16.8. The summed E-state index contributed by atoms with van der Waals surface area (Å²) in [4.78, 5) is 25.6. The van der Waals surface area contributed by atoms with E-state index in [9.17, 15) is 50.4 Å². The molecule has 0 amide bonds. The van der Waals surface area contributed by atoms with Crippen molar-refractivity contribution in [2.45, 2.75) is 139 Å². The van der Waals surface area contributed by atoms with Gasteiger partial charge in [-0.3, -0.25) is 0 Å². The highest BCUT2D eigenvalue weighted by molar-refractivity contribution is 5.93. The van der Waals surface area contributed by atoms with E-state index in [2.05, 4.69) is 13.8 Å². The van der Waals surface area contributed by atoms with E-state index in [1.54, 1.807) is 0 Å². The van der Waals surface area contributed by atoms with Crippen molar-refractivity contribution in [3.05, 3.63) is 47.5 Å². The first-order valence-corrected chi connectivity index (χ1v) is 19.7. The summed E-state index contributed by atoms with van der Waals surface area (Å²) in [7, 11) is 0. The lowest BCUT2D eigenvalue weighted by molar-refractivity contribution is -0.376. The Morgan fingerprint density at radius 3 is 1.30 bits per heavy atom. The van der Waals surface area contributed by atoms with E-state index in [4.69, 9.17) is 33.2 Å². The Balaban J connectivity index is 1.30. The van der Waals surface area contributed by atoms with Gasteiger partial charge in [-0.15, -0.1) is 0 Å². The van der Waals surface area contributed by atoms with Crippen LogP contribution in [0.4, 0.5) is 0 Å². The molecule has 10 unspecified atom stereocenters. The number of esters is 2. The molecule has 2 aliphatic rings. The first kappa shape index (κ1) is 45.9. The van der Waals surface area contributed by atoms with Gasteiger partial charge in [-0.2, -0.15) is 0 Å².